The molecular weight excluding hydrogens is 304 g/mol. The number of nitrogens with one attached hydrogen (secondary N) is 2. The van der Waals surface area contributed by atoms with Crippen LogP contribution in [0.25, 0.3) is 0 Å². The second kappa shape index (κ2) is 7.86. The highest BCUT2D eigenvalue weighted by molar-refractivity contribution is 5.74. The number of carbonyl (C=O) groups is 1. The molecule has 3 rings (SSSR count). The van der Waals surface area contributed by atoms with Crippen LogP contribution in [0.5, 0.6) is 0 Å². The second-order valence-electron chi connectivity index (χ2n) is 6.23. The maximum Gasteiger partial charge on any atom is 0.315 e. The third kappa shape index (κ3) is 4.50. The van der Waals surface area contributed by atoms with Gasteiger partial charge in [-0.25, -0.2) is 9.78 Å². The highest BCUT2D eigenvalue weighted by Crippen LogP contribution is 2.18. The average molecular weight is 328 g/mol. The van der Waals surface area contributed by atoms with E-state index in [9.17, 15) is 4.79 Å². The quantitative estimate of drug-likeness (QED) is 0.855. The number of amides is 2. The first-order valence-electron chi connectivity index (χ1n) is 8.47. The highest BCUT2D eigenvalue weighted by Gasteiger charge is 2.14. The number of aromatic nitrogens is 1. The van der Waals surface area contributed by atoms with E-state index in [1.54, 1.807) is 6.26 Å². The van der Waals surface area contributed by atoms with Gasteiger partial charge in [0.15, 0.2) is 0 Å². The van der Waals surface area contributed by atoms with Crippen LogP contribution in [-0.2, 0) is 13.0 Å². The largest absolute Gasteiger partial charge is 0.469 e. The Labute approximate surface area is 142 Å². The van der Waals surface area contributed by atoms with Crippen molar-refractivity contribution >= 4 is 11.8 Å². The van der Waals surface area contributed by atoms with Crippen molar-refractivity contribution in [1.82, 2.24) is 15.6 Å². The van der Waals surface area contributed by atoms with Crippen LogP contribution in [0, 0.1) is 0 Å². The Bertz CT molecular complexity index is 651. The molecule has 1 atom stereocenters. The molecule has 2 aromatic heterocycles. The summed E-state index contributed by atoms with van der Waals surface area (Å²) in [7, 11) is 0. The number of anilines is 1. The molecule has 0 aromatic carbocycles. The van der Waals surface area contributed by atoms with Gasteiger partial charge in [-0.2, -0.15) is 0 Å². The Hall–Kier alpha value is -2.50. The summed E-state index contributed by atoms with van der Waals surface area (Å²) in [6, 6.07) is 7.59. The minimum Gasteiger partial charge on any atom is -0.469 e. The summed E-state index contributed by atoms with van der Waals surface area (Å²) in [5, 5.41) is 5.82. The van der Waals surface area contributed by atoms with Crippen molar-refractivity contribution in [2.75, 3.05) is 18.0 Å². The zero-order valence-corrected chi connectivity index (χ0v) is 14.0. The Morgan fingerprint density at radius 1 is 1.38 bits per heavy atom. The van der Waals surface area contributed by atoms with Gasteiger partial charge in [-0.05, 0) is 49.6 Å². The zero-order valence-electron chi connectivity index (χ0n) is 14.0. The van der Waals surface area contributed by atoms with Gasteiger partial charge in [0.2, 0.25) is 0 Å². The molecule has 24 heavy (non-hydrogen) atoms. The Balaban J connectivity index is 1.46. The smallest absolute Gasteiger partial charge is 0.315 e. The molecule has 128 valence electrons. The molecule has 1 aliphatic rings. The third-order valence-electron chi connectivity index (χ3n) is 4.16. The highest BCUT2D eigenvalue weighted by atomic mass is 16.3. The van der Waals surface area contributed by atoms with Crippen molar-refractivity contribution in [1.29, 1.82) is 0 Å². The van der Waals surface area contributed by atoms with E-state index in [-0.39, 0.29) is 12.1 Å². The molecule has 3 heterocycles. The molecule has 0 saturated carbocycles. The Morgan fingerprint density at radius 3 is 2.96 bits per heavy atom. The fourth-order valence-electron chi connectivity index (χ4n) is 2.93. The lowest BCUT2D eigenvalue weighted by Crippen LogP contribution is -2.41. The fraction of sp³-hybridized carbons (Fsp3) is 0.444. The summed E-state index contributed by atoms with van der Waals surface area (Å²) in [6.45, 7) is 4.58. The number of pyridine rings is 1. The number of furan rings is 1. The number of hydrogen-bond donors (Lipinski definition) is 2. The van der Waals surface area contributed by atoms with Crippen LogP contribution in [0.15, 0.2) is 41.1 Å². The van der Waals surface area contributed by atoms with E-state index in [1.807, 2.05) is 31.3 Å². The molecule has 2 aromatic rings. The van der Waals surface area contributed by atoms with Gasteiger partial charge in [-0.1, -0.05) is 0 Å². The molecule has 6 nitrogen and oxygen atoms in total. The van der Waals surface area contributed by atoms with E-state index in [1.165, 1.54) is 12.8 Å². The van der Waals surface area contributed by atoms with Crippen molar-refractivity contribution in [3.8, 4) is 0 Å². The number of nitrogens with zero attached hydrogens (tertiary/aromatic N) is 2. The van der Waals surface area contributed by atoms with Crippen molar-refractivity contribution in [3.05, 3.63) is 48.0 Å². The predicted molar refractivity (Wildman–Crippen MR) is 92.9 cm³/mol. The molecule has 0 aliphatic carbocycles. The second-order valence-corrected chi connectivity index (χ2v) is 6.23. The summed E-state index contributed by atoms with van der Waals surface area (Å²) in [6.07, 6.45) is 6.57. The van der Waals surface area contributed by atoms with E-state index >= 15 is 0 Å². The maximum absolute atomic E-state index is 12.0. The van der Waals surface area contributed by atoms with Crippen molar-refractivity contribution in [2.45, 2.75) is 38.8 Å². The molecule has 0 radical (unpaired) electrons. The Morgan fingerprint density at radius 2 is 2.21 bits per heavy atom. The number of urea groups is 1. The fourth-order valence-corrected chi connectivity index (χ4v) is 2.93. The SMILES string of the molecule is CC(Cc1ccco1)NC(=O)NCc1ccnc(N2CCCC2)c1. The summed E-state index contributed by atoms with van der Waals surface area (Å²) in [5.74, 6) is 1.87. The molecule has 1 fully saturated rings. The standard InChI is InChI=1S/C18H24N4O2/c1-14(11-16-5-4-10-24-16)21-18(23)20-13-15-6-7-19-17(12-15)22-8-2-3-9-22/h4-7,10,12,14H,2-3,8-9,11,13H2,1H3,(H2,20,21,23). The topological polar surface area (TPSA) is 70.4 Å². The molecule has 2 amide bonds. The predicted octanol–water partition coefficient (Wildman–Crippen LogP) is 2.71. The number of hydrogen-bond acceptors (Lipinski definition) is 4. The summed E-state index contributed by atoms with van der Waals surface area (Å²) >= 11 is 0. The molecule has 6 heteroatoms. The van der Waals surface area contributed by atoms with Crippen LogP contribution in [0.4, 0.5) is 10.6 Å². The first kappa shape index (κ1) is 16.4. The van der Waals surface area contributed by atoms with E-state index in [4.69, 9.17) is 4.42 Å². The van der Waals surface area contributed by atoms with Gasteiger partial charge in [0.1, 0.15) is 11.6 Å². The van der Waals surface area contributed by atoms with Gasteiger partial charge < -0.3 is 20.0 Å². The minimum absolute atomic E-state index is 0.00810. The van der Waals surface area contributed by atoms with Crippen molar-refractivity contribution in [2.24, 2.45) is 0 Å². The Kier molecular flexibility index (Phi) is 5.36. The molecular formula is C18H24N4O2. The van der Waals surface area contributed by atoms with E-state index in [0.717, 1.165) is 30.2 Å². The average Bonchev–Trinajstić information content (AvgIpc) is 3.26. The van der Waals surface area contributed by atoms with Crippen molar-refractivity contribution in [3.63, 3.8) is 0 Å². The molecule has 0 spiro atoms. The first-order chi connectivity index (χ1) is 11.7. The lowest BCUT2D eigenvalue weighted by molar-refractivity contribution is 0.237. The van der Waals surface area contributed by atoms with Crippen LogP contribution < -0.4 is 15.5 Å². The third-order valence-corrected chi connectivity index (χ3v) is 4.16. The summed E-state index contributed by atoms with van der Waals surface area (Å²) in [4.78, 5) is 18.7. The van der Waals surface area contributed by atoms with Gasteiger partial charge in [0.25, 0.3) is 0 Å². The van der Waals surface area contributed by atoms with Gasteiger partial charge in [-0.15, -0.1) is 0 Å². The maximum atomic E-state index is 12.0. The van der Waals surface area contributed by atoms with E-state index < -0.39 is 0 Å². The van der Waals surface area contributed by atoms with Crippen LogP contribution >= 0.6 is 0 Å². The molecule has 2 N–H and O–H groups in total. The van der Waals surface area contributed by atoms with Gasteiger partial charge in [-0.3, -0.25) is 0 Å². The van der Waals surface area contributed by atoms with Crippen LogP contribution in [0.1, 0.15) is 31.1 Å². The lowest BCUT2D eigenvalue weighted by atomic mass is 10.2. The normalized spacial score (nSPS) is 15.3. The van der Waals surface area contributed by atoms with Gasteiger partial charge in [0.05, 0.1) is 6.26 Å². The van der Waals surface area contributed by atoms with Crippen LogP contribution in [0.2, 0.25) is 0 Å². The minimum atomic E-state index is -0.173. The van der Waals surface area contributed by atoms with Gasteiger partial charge >= 0.3 is 6.03 Å². The van der Waals surface area contributed by atoms with Crippen LogP contribution in [-0.4, -0.2) is 30.1 Å². The lowest BCUT2D eigenvalue weighted by Gasteiger charge is -2.17. The molecule has 0 bridgehead atoms. The number of rotatable bonds is 6. The zero-order chi connectivity index (χ0) is 16.8. The first-order valence-corrected chi connectivity index (χ1v) is 8.47. The van der Waals surface area contributed by atoms with Crippen molar-refractivity contribution < 1.29 is 9.21 Å². The molecule has 1 unspecified atom stereocenters. The summed E-state index contributed by atoms with van der Waals surface area (Å²) < 4.78 is 5.29. The summed E-state index contributed by atoms with van der Waals surface area (Å²) in [5.41, 5.74) is 1.06. The molecule has 1 saturated heterocycles. The van der Waals surface area contributed by atoms with Crippen LogP contribution in [0.3, 0.4) is 0 Å². The van der Waals surface area contributed by atoms with Gasteiger partial charge in [0, 0.05) is 38.3 Å². The van der Waals surface area contributed by atoms with E-state index in [0.29, 0.717) is 13.0 Å². The molecule has 1 aliphatic heterocycles. The number of carbonyl (C=O) groups excluding carboxylic acids is 1. The monoisotopic (exact) mass is 328 g/mol. The van der Waals surface area contributed by atoms with E-state index in [2.05, 4.69) is 26.6 Å².